The Morgan fingerprint density at radius 3 is 2.00 bits per heavy atom. The molecule has 0 rings (SSSR count). The average molecular weight is 260 g/mol. The molecule has 0 fully saturated rings. The van der Waals surface area contributed by atoms with Crippen molar-refractivity contribution in [1.29, 1.82) is 0 Å². The second-order valence-electron chi connectivity index (χ2n) is 4.31. The van der Waals surface area contributed by atoms with Crippen molar-refractivity contribution in [1.82, 2.24) is 9.62 Å². The molecule has 0 aliphatic carbocycles. The Morgan fingerprint density at radius 1 is 1.18 bits per heavy atom. The second-order valence-corrected chi connectivity index (χ2v) is 6.66. The summed E-state index contributed by atoms with van der Waals surface area (Å²) in [4.78, 5) is 0. The molecule has 100 valence electrons. The first kappa shape index (κ1) is 16.4. The van der Waals surface area contributed by atoms with E-state index in [1.54, 1.807) is 19.1 Å². The van der Waals surface area contributed by atoms with Crippen LogP contribution in [0.4, 0.5) is 0 Å². The van der Waals surface area contributed by atoms with Gasteiger partial charge in [0.2, 0.25) is 10.0 Å². The summed E-state index contributed by atoms with van der Waals surface area (Å²) in [5.74, 6) is 0. The van der Waals surface area contributed by atoms with Crippen molar-refractivity contribution in [3.05, 3.63) is 25.3 Å². The highest BCUT2D eigenvalue weighted by Gasteiger charge is 2.26. The van der Waals surface area contributed by atoms with Crippen LogP contribution in [0.3, 0.4) is 0 Å². The third-order valence-electron chi connectivity index (χ3n) is 2.35. The van der Waals surface area contributed by atoms with E-state index >= 15 is 0 Å². The van der Waals surface area contributed by atoms with Gasteiger partial charge in [0.1, 0.15) is 0 Å². The maximum absolute atomic E-state index is 12.2. The van der Waals surface area contributed by atoms with Gasteiger partial charge in [-0.05, 0) is 6.92 Å². The predicted octanol–water partition coefficient (Wildman–Crippen LogP) is 1.38. The third-order valence-corrected chi connectivity index (χ3v) is 4.55. The van der Waals surface area contributed by atoms with E-state index in [2.05, 4.69) is 18.5 Å². The van der Waals surface area contributed by atoms with Crippen LogP contribution in [0.15, 0.2) is 25.3 Å². The molecule has 1 atom stereocenters. The molecule has 0 bridgehead atoms. The van der Waals surface area contributed by atoms with Gasteiger partial charge in [-0.1, -0.05) is 26.0 Å². The molecule has 0 aromatic rings. The van der Waals surface area contributed by atoms with Crippen molar-refractivity contribution in [3.8, 4) is 0 Å². The predicted molar refractivity (Wildman–Crippen MR) is 73.5 cm³/mol. The van der Waals surface area contributed by atoms with Gasteiger partial charge in [0, 0.05) is 25.7 Å². The van der Waals surface area contributed by atoms with Crippen LogP contribution in [0.25, 0.3) is 0 Å². The lowest BCUT2D eigenvalue weighted by molar-refractivity contribution is 0.457. The minimum absolute atomic E-state index is 0.278. The summed E-state index contributed by atoms with van der Waals surface area (Å²) in [5.41, 5.74) is 0. The van der Waals surface area contributed by atoms with E-state index in [0.29, 0.717) is 19.6 Å². The molecular weight excluding hydrogens is 236 g/mol. The van der Waals surface area contributed by atoms with Gasteiger partial charge in [-0.3, -0.25) is 0 Å². The summed E-state index contributed by atoms with van der Waals surface area (Å²) >= 11 is 0. The molecule has 0 saturated heterocycles. The SMILES string of the molecule is C=CCN(CC=C)S(=O)(=O)C(C)CNC(C)C. The van der Waals surface area contributed by atoms with Crippen LogP contribution < -0.4 is 5.32 Å². The maximum Gasteiger partial charge on any atom is 0.218 e. The Kier molecular flexibility index (Phi) is 7.34. The zero-order chi connectivity index (χ0) is 13.5. The third kappa shape index (κ3) is 5.48. The van der Waals surface area contributed by atoms with Crippen LogP contribution in [-0.2, 0) is 10.0 Å². The molecule has 0 spiro atoms. The molecule has 17 heavy (non-hydrogen) atoms. The van der Waals surface area contributed by atoms with Crippen molar-refractivity contribution in [2.75, 3.05) is 19.6 Å². The van der Waals surface area contributed by atoms with Gasteiger partial charge in [0.25, 0.3) is 0 Å². The smallest absolute Gasteiger partial charge is 0.218 e. The monoisotopic (exact) mass is 260 g/mol. The lowest BCUT2D eigenvalue weighted by Crippen LogP contribution is -2.43. The molecule has 1 unspecified atom stereocenters. The minimum Gasteiger partial charge on any atom is -0.313 e. The minimum atomic E-state index is -3.29. The molecule has 0 amide bonds. The van der Waals surface area contributed by atoms with Crippen molar-refractivity contribution < 1.29 is 8.42 Å². The van der Waals surface area contributed by atoms with Crippen LogP contribution in [-0.4, -0.2) is 43.6 Å². The Labute approximate surface area is 105 Å². The molecule has 0 aromatic carbocycles. The van der Waals surface area contributed by atoms with Crippen LogP contribution in [0.1, 0.15) is 20.8 Å². The van der Waals surface area contributed by atoms with Gasteiger partial charge in [-0.2, -0.15) is 4.31 Å². The molecule has 4 nitrogen and oxygen atoms in total. The van der Waals surface area contributed by atoms with Crippen molar-refractivity contribution in [2.45, 2.75) is 32.1 Å². The van der Waals surface area contributed by atoms with Gasteiger partial charge >= 0.3 is 0 Å². The first-order valence-corrected chi connectivity index (χ1v) is 7.30. The van der Waals surface area contributed by atoms with E-state index in [9.17, 15) is 8.42 Å². The van der Waals surface area contributed by atoms with Crippen molar-refractivity contribution in [2.24, 2.45) is 0 Å². The number of nitrogens with one attached hydrogen (secondary N) is 1. The van der Waals surface area contributed by atoms with Crippen molar-refractivity contribution in [3.63, 3.8) is 0 Å². The topological polar surface area (TPSA) is 49.4 Å². The fourth-order valence-electron chi connectivity index (χ4n) is 1.33. The van der Waals surface area contributed by atoms with E-state index in [0.717, 1.165) is 0 Å². The highest BCUT2D eigenvalue weighted by molar-refractivity contribution is 7.89. The molecule has 1 N–H and O–H groups in total. The zero-order valence-electron chi connectivity index (χ0n) is 11.0. The molecule has 0 radical (unpaired) electrons. The van der Waals surface area contributed by atoms with Crippen molar-refractivity contribution >= 4 is 10.0 Å². The second kappa shape index (κ2) is 7.63. The van der Waals surface area contributed by atoms with E-state index < -0.39 is 15.3 Å². The number of sulfonamides is 1. The van der Waals surface area contributed by atoms with E-state index in [1.165, 1.54) is 4.31 Å². The molecule has 0 heterocycles. The van der Waals surface area contributed by atoms with E-state index in [4.69, 9.17) is 0 Å². The number of hydrogen-bond acceptors (Lipinski definition) is 3. The molecule has 0 aliphatic rings. The van der Waals surface area contributed by atoms with Crippen LogP contribution in [0, 0.1) is 0 Å². The fraction of sp³-hybridized carbons (Fsp3) is 0.667. The van der Waals surface area contributed by atoms with E-state index in [1.807, 2.05) is 13.8 Å². The van der Waals surface area contributed by atoms with Gasteiger partial charge < -0.3 is 5.32 Å². The van der Waals surface area contributed by atoms with Gasteiger partial charge in [-0.25, -0.2) is 8.42 Å². The summed E-state index contributed by atoms with van der Waals surface area (Å²) < 4.78 is 25.8. The standard InChI is InChI=1S/C12H24N2O2S/c1-6-8-14(9-7-2)17(15,16)12(5)10-13-11(3)4/h6-7,11-13H,1-2,8-10H2,3-5H3. The maximum atomic E-state index is 12.2. The first-order valence-electron chi connectivity index (χ1n) is 5.80. The summed E-state index contributed by atoms with van der Waals surface area (Å²) in [5, 5.41) is 2.68. The molecular formula is C12H24N2O2S. The lowest BCUT2D eigenvalue weighted by atomic mass is 10.3. The Morgan fingerprint density at radius 2 is 1.65 bits per heavy atom. The Hall–Kier alpha value is -0.650. The number of hydrogen-bond donors (Lipinski definition) is 1. The number of nitrogens with zero attached hydrogens (tertiary/aromatic N) is 1. The van der Waals surface area contributed by atoms with Crippen LogP contribution in [0.2, 0.25) is 0 Å². The largest absolute Gasteiger partial charge is 0.313 e. The lowest BCUT2D eigenvalue weighted by Gasteiger charge is -2.24. The summed E-state index contributed by atoms with van der Waals surface area (Å²) in [6, 6.07) is 0.278. The summed E-state index contributed by atoms with van der Waals surface area (Å²) in [6.45, 7) is 13.9. The Bertz CT molecular complexity index is 326. The normalized spacial score (nSPS) is 13.9. The van der Waals surface area contributed by atoms with Gasteiger partial charge in [-0.15, -0.1) is 13.2 Å². The highest BCUT2D eigenvalue weighted by atomic mass is 32.2. The highest BCUT2D eigenvalue weighted by Crippen LogP contribution is 2.08. The molecule has 0 aromatic heterocycles. The zero-order valence-corrected chi connectivity index (χ0v) is 11.8. The fourth-order valence-corrected chi connectivity index (χ4v) is 2.77. The Balaban J connectivity index is 4.69. The van der Waals surface area contributed by atoms with Gasteiger partial charge in [0.05, 0.1) is 5.25 Å². The number of rotatable bonds is 9. The molecule has 0 aliphatic heterocycles. The molecule has 0 saturated carbocycles. The summed E-state index contributed by atoms with van der Waals surface area (Å²) in [6.07, 6.45) is 3.17. The van der Waals surface area contributed by atoms with Gasteiger partial charge in [0.15, 0.2) is 0 Å². The quantitative estimate of drug-likeness (QED) is 0.637. The molecule has 5 heteroatoms. The van der Waals surface area contributed by atoms with E-state index in [-0.39, 0.29) is 6.04 Å². The van der Waals surface area contributed by atoms with Crippen LogP contribution in [0.5, 0.6) is 0 Å². The van der Waals surface area contributed by atoms with Crippen LogP contribution >= 0.6 is 0 Å². The summed E-state index contributed by atoms with van der Waals surface area (Å²) in [7, 11) is -3.29. The average Bonchev–Trinajstić information content (AvgIpc) is 2.25. The first-order chi connectivity index (χ1) is 7.86.